The van der Waals surface area contributed by atoms with E-state index in [1.165, 1.54) is 4.90 Å². The summed E-state index contributed by atoms with van der Waals surface area (Å²) < 4.78 is 0. The highest BCUT2D eigenvalue weighted by Crippen LogP contribution is 2.32. The van der Waals surface area contributed by atoms with E-state index < -0.39 is 0 Å². The molecule has 0 aromatic heterocycles. The van der Waals surface area contributed by atoms with Crippen molar-refractivity contribution in [3.63, 3.8) is 0 Å². The third-order valence-electron chi connectivity index (χ3n) is 3.00. The topological polar surface area (TPSA) is 37.4 Å². The van der Waals surface area contributed by atoms with Gasteiger partial charge in [0.05, 0.1) is 6.54 Å². The zero-order valence-corrected chi connectivity index (χ0v) is 8.58. The number of carbonyl (C=O) groups excluding carboxylic acids is 2. The first-order chi connectivity index (χ1) is 7.24. The summed E-state index contributed by atoms with van der Waals surface area (Å²) in [6.07, 6.45) is 9.37. The summed E-state index contributed by atoms with van der Waals surface area (Å²) in [5, 5.41) is 0. The van der Waals surface area contributed by atoms with E-state index in [0.717, 1.165) is 36.8 Å². The van der Waals surface area contributed by atoms with Gasteiger partial charge in [-0.05, 0) is 25.7 Å². The lowest BCUT2D eigenvalue weighted by Gasteiger charge is -2.30. The molecule has 15 heavy (non-hydrogen) atoms. The highest BCUT2D eigenvalue weighted by molar-refractivity contribution is 6.08. The number of nitrogens with zero attached hydrogens (tertiary/aromatic N) is 1. The maximum absolute atomic E-state index is 11.9. The first-order valence-electron chi connectivity index (χ1n) is 5.23. The Balaban J connectivity index is 2.30. The molecule has 1 heterocycles. The number of hydrogen-bond donors (Lipinski definition) is 0. The van der Waals surface area contributed by atoms with E-state index in [9.17, 15) is 9.59 Å². The zero-order valence-electron chi connectivity index (χ0n) is 8.58. The van der Waals surface area contributed by atoms with E-state index in [-0.39, 0.29) is 18.4 Å². The van der Waals surface area contributed by atoms with Crippen LogP contribution in [-0.2, 0) is 9.59 Å². The minimum absolute atomic E-state index is 0.106. The molecule has 1 aliphatic carbocycles. The second kappa shape index (κ2) is 3.90. The first-order valence-corrected chi connectivity index (χ1v) is 5.23. The average Bonchev–Trinajstić information content (AvgIpc) is 2.24. The molecule has 0 unspecified atom stereocenters. The van der Waals surface area contributed by atoms with Crippen LogP contribution in [-0.4, -0.2) is 23.3 Å². The average molecular weight is 203 g/mol. The van der Waals surface area contributed by atoms with Gasteiger partial charge in [0, 0.05) is 12.0 Å². The Labute approximate surface area is 89.1 Å². The summed E-state index contributed by atoms with van der Waals surface area (Å²) >= 11 is 0. The number of imide groups is 1. The van der Waals surface area contributed by atoms with E-state index in [4.69, 9.17) is 6.42 Å². The third-order valence-corrected chi connectivity index (χ3v) is 3.00. The summed E-state index contributed by atoms with van der Waals surface area (Å²) in [4.78, 5) is 24.7. The van der Waals surface area contributed by atoms with Gasteiger partial charge < -0.3 is 0 Å². The Bertz CT molecular complexity index is 387. The number of rotatable bonds is 1. The maximum atomic E-state index is 11.9. The molecule has 0 saturated heterocycles. The van der Waals surface area contributed by atoms with Gasteiger partial charge in [-0.25, -0.2) is 0 Å². The fourth-order valence-electron chi connectivity index (χ4n) is 2.23. The number of hydrogen-bond acceptors (Lipinski definition) is 2. The molecule has 0 aromatic carbocycles. The van der Waals surface area contributed by atoms with Crippen LogP contribution in [0.1, 0.15) is 32.1 Å². The molecule has 2 aliphatic rings. The Morgan fingerprint density at radius 1 is 1.27 bits per heavy atom. The van der Waals surface area contributed by atoms with E-state index in [1.54, 1.807) is 0 Å². The molecule has 0 spiro atoms. The summed E-state index contributed by atoms with van der Waals surface area (Å²) in [6.45, 7) is 0.106. The standard InChI is InChI=1S/C12H13NO2/c1-2-7-13-11(14)8-9-5-3-4-6-10(9)12(13)15/h1H,3-8H2. The van der Waals surface area contributed by atoms with Gasteiger partial charge in [0.2, 0.25) is 5.91 Å². The minimum Gasteiger partial charge on any atom is -0.274 e. The van der Waals surface area contributed by atoms with Gasteiger partial charge in [-0.1, -0.05) is 11.5 Å². The second-order valence-corrected chi connectivity index (χ2v) is 3.96. The molecule has 2 rings (SSSR count). The first kappa shape index (κ1) is 9.97. The highest BCUT2D eigenvalue weighted by Gasteiger charge is 2.33. The normalized spacial score (nSPS) is 21.4. The van der Waals surface area contributed by atoms with E-state index in [1.807, 2.05) is 0 Å². The van der Waals surface area contributed by atoms with Gasteiger partial charge in [-0.15, -0.1) is 6.42 Å². The van der Waals surface area contributed by atoms with Crippen LogP contribution in [0, 0.1) is 12.3 Å². The molecule has 3 nitrogen and oxygen atoms in total. The largest absolute Gasteiger partial charge is 0.274 e. The van der Waals surface area contributed by atoms with Gasteiger partial charge in [-0.2, -0.15) is 0 Å². The maximum Gasteiger partial charge on any atom is 0.257 e. The number of carbonyl (C=O) groups is 2. The van der Waals surface area contributed by atoms with Crippen LogP contribution in [0.2, 0.25) is 0 Å². The van der Waals surface area contributed by atoms with Crippen LogP contribution in [0.25, 0.3) is 0 Å². The Hall–Kier alpha value is -1.56. The molecule has 0 fully saturated rings. The molecule has 0 N–H and O–H groups in total. The molecule has 0 radical (unpaired) electrons. The lowest BCUT2D eigenvalue weighted by Crippen LogP contribution is -2.42. The Morgan fingerprint density at radius 3 is 2.73 bits per heavy atom. The van der Waals surface area contributed by atoms with Crippen LogP contribution < -0.4 is 0 Å². The molecule has 0 bridgehead atoms. The van der Waals surface area contributed by atoms with Crippen molar-refractivity contribution in [3.8, 4) is 12.3 Å². The third kappa shape index (κ3) is 1.68. The van der Waals surface area contributed by atoms with Crippen LogP contribution in [0.3, 0.4) is 0 Å². The molecular weight excluding hydrogens is 190 g/mol. The van der Waals surface area contributed by atoms with Crippen molar-refractivity contribution in [2.75, 3.05) is 6.54 Å². The number of amides is 2. The van der Waals surface area contributed by atoms with Gasteiger partial charge in [0.1, 0.15) is 0 Å². The predicted octanol–water partition coefficient (Wildman–Crippen LogP) is 1.25. The monoisotopic (exact) mass is 203 g/mol. The van der Waals surface area contributed by atoms with E-state index in [2.05, 4.69) is 5.92 Å². The predicted molar refractivity (Wildman–Crippen MR) is 55.7 cm³/mol. The molecule has 3 heteroatoms. The molecule has 2 amide bonds. The van der Waals surface area contributed by atoms with Crippen molar-refractivity contribution < 1.29 is 9.59 Å². The molecule has 0 saturated carbocycles. The summed E-state index contributed by atoms with van der Waals surface area (Å²) in [6, 6.07) is 0. The lowest BCUT2D eigenvalue weighted by molar-refractivity contribution is -0.142. The lowest BCUT2D eigenvalue weighted by atomic mass is 9.86. The second-order valence-electron chi connectivity index (χ2n) is 3.96. The van der Waals surface area contributed by atoms with Crippen molar-refractivity contribution in [2.45, 2.75) is 32.1 Å². The Kier molecular flexibility index (Phi) is 2.59. The van der Waals surface area contributed by atoms with Crippen molar-refractivity contribution in [1.29, 1.82) is 0 Å². The van der Waals surface area contributed by atoms with Crippen molar-refractivity contribution >= 4 is 11.8 Å². The van der Waals surface area contributed by atoms with Crippen molar-refractivity contribution in [3.05, 3.63) is 11.1 Å². The summed E-state index contributed by atoms with van der Waals surface area (Å²) in [7, 11) is 0. The fourth-order valence-corrected chi connectivity index (χ4v) is 2.23. The summed E-state index contributed by atoms with van der Waals surface area (Å²) in [5.74, 6) is 2.06. The SMILES string of the molecule is C#CCN1C(=O)CC2=C(CCCC2)C1=O. The Morgan fingerprint density at radius 2 is 2.00 bits per heavy atom. The van der Waals surface area contributed by atoms with Gasteiger partial charge in [0.15, 0.2) is 0 Å². The molecule has 0 aromatic rings. The van der Waals surface area contributed by atoms with Crippen LogP contribution in [0.4, 0.5) is 0 Å². The molecule has 1 aliphatic heterocycles. The van der Waals surface area contributed by atoms with E-state index >= 15 is 0 Å². The molecular formula is C12H13NO2. The van der Waals surface area contributed by atoms with E-state index in [0.29, 0.717) is 6.42 Å². The number of terminal acetylenes is 1. The summed E-state index contributed by atoms with van der Waals surface area (Å²) in [5.41, 5.74) is 1.89. The minimum atomic E-state index is -0.154. The van der Waals surface area contributed by atoms with Gasteiger partial charge in [-0.3, -0.25) is 14.5 Å². The van der Waals surface area contributed by atoms with Crippen LogP contribution in [0.15, 0.2) is 11.1 Å². The van der Waals surface area contributed by atoms with Crippen molar-refractivity contribution in [1.82, 2.24) is 4.90 Å². The van der Waals surface area contributed by atoms with Crippen LogP contribution in [0.5, 0.6) is 0 Å². The quantitative estimate of drug-likeness (QED) is 0.475. The fraction of sp³-hybridized carbons (Fsp3) is 0.500. The van der Waals surface area contributed by atoms with Gasteiger partial charge >= 0.3 is 0 Å². The molecule has 78 valence electrons. The van der Waals surface area contributed by atoms with Gasteiger partial charge in [0.25, 0.3) is 5.91 Å². The smallest absolute Gasteiger partial charge is 0.257 e. The highest BCUT2D eigenvalue weighted by atomic mass is 16.2. The van der Waals surface area contributed by atoms with Crippen LogP contribution >= 0.6 is 0 Å². The van der Waals surface area contributed by atoms with Crippen molar-refractivity contribution in [2.24, 2.45) is 0 Å². The molecule has 0 atom stereocenters. The zero-order chi connectivity index (χ0) is 10.8.